The average Bonchev–Trinajstić information content (AvgIpc) is 2.41. The molecule has 104 valence electrons. The minimum Gasteiger partial charge on any atom is -0.480 e. The third-order valence-corrected chi connectivity index (χ3v) is 3.85. The maximum absolute atomic E-state index is 11.3. The number of hydrogen-bond donors (Lipinski definition) is 2. The SMILES string of the molecule is CC1CCN(CC(O)c2ccccc2)C(C(=O)O)C1. The largest absolute Gasteiger partial charge is 0.480 e. The minimum atomic E-state index is -0.785. The number of benzene rings is 1. The molecule has 0 spiro atoms. The van der Waals surface area contributed by atoms with Gasteiger partial charge in [-0.05, 0) is 30.9 Å². The standard InChI is InChI=1S/C15H21NO3/c1-11-7-8-16(13(9-11)15(18)19)10-14(17)12-5-3-2-4-6-12/h2-6,11,13-14,17H,7-10H2,1H3,(H,18,19). The van der Waals surface area contributed by atoms with Crippen LogP contribution >= 0.6 is 0 Å². The quantitative estimate of drug-likeness (QED) is 0.871. The number of β-amino-alcohol motifs (C(OH)–C–C–N with tert-alkyl or cyclic N) is 1. The summed E-state index contributed by atoms with van der Waals surface area (Å²) in [5.74, 6) is -0.349. The van der Waals surface area contributed by atoms with E-state index >= 15 is 0 Å². The van der Waals surface area contributed by atoms with Crippen LogP contribution in [0.2, 0.25) is 0 Å². The van der Waals surface area contributed by atoms with Crippen LogP contribution in [0.25, 0.3) is 0 Å². The summed E-state index contributed by atoms with van der Waals surface area (Å²) in [6, 6.07) is 8.93. The van der Waals surface area contributed by atoms with E-state index < -0.39 is 18.1 Å². The fraction of sp³-hybridized carbons (Fsp3) is 0.533. The molecule has 3 atom stereocenters. The Morgan fingerprint density at radius 1 is 1.42 bits per heavy atom. The third kappa shape index (κ3) is 3.55. The molecule has 4 nitrogen and oxygen atoms in total. The van der Waals surface area contributed by atoms with Gasteiger partial charge in [-0.2, -0.15) is 0 Å². The van der Waals surface area contributed by atoms with E-state index in [2.05, 4.69) is 6.92 Å². The lowest BCUT2D eigenvalue weighted by molar-refractivity contribution is -0.146. The molecule has 2 rings (SSSR count). The van der Waals surface area contributed by atoms with Crippen molar-refractivity contribution in [2.75, 3.05) is 13.1 Å². The van der Waals surface area contributed by atoms with Crippen molar-refractivity contribution in [3.63, 3.8) is 0 Å². The highest BCUT2D eigenvalue weighted by Crippen LogP contribution is 2.25. The molecule has 0 amide bonds. The van der Waals surface area contributed by atoms with Crippen LogP contribution in [0.3, 0.4) is 0 Å². The number of rotatable bonds is 4. The molecular formula is C15H21NO3. The van der Waals surface area contributed by atoms with Crippen LogP contribution in [0, 0.1) is 5.92 Å². The molecule has 0 radical (unpaired) electrons. The fourth-order valence-electron chi connectivity index (χ4n) is 2.67. The van der Waals surface area contributed by atoms with Gasteiger partial charge < -0.3 is 10.2 Å². The zero-order valence-corrected chi connectivity index (χ0v) is 11.2. The van der Waals surface area contributed by atoms with Crippen molar-refractivity contribution in [3.05, 3.63) is 35.9 Å². The van der Waals surface area contributed by atoms with Gasteiger partial charge in [-0.1, -0.05) is 37.3 Å². The molecule has 0 aromatic heterocycles. The number of aliphatic carboxylic acids is 1. The molecule has 2 N–H and O–H groups in total. The normalized spacial score (nSPS) is 26.0. The molecular weight excluding hydrogens is 242 g/mol. The maximum Gasteiger partial charge on any atom is 0.320 e. The van der Waals surface area contributed by atoms with Crippen LogP contribution in [0.15, 0.2) is 30.3 Å². The van der Waals surface area contributed by atoms with Crippen molar-refractivity contribution >= 4 is 5.97 Å². The smallest absolute Gasteiger partial charge is 0.320 e. The van der Waals surface area contributed by atoms with Crippen molar-refractivity contribution in [2.45, 2.75) is 31.9 Å². The van der Waals surface area contributed by atoms with E-state index in [1.807, 2.05) is 35.2 Å². The average molecular weight is 263 g/mol. The summed E-state index contributed by atoms with van der Waals surface area (Å²) in [5.41, 5.74) is 0.838. The van der Waals surface area contributed by atoms with Crippen LogP contribution in [-0.2, 0) is 4.79 Å². The second kappa shape index (κ2) is 6.17. The molecule has 1 aromatic carbocycles. The summed E-state index contributed by atoms with van der Waals surface area (Å²) in [5, 5.41) is 19.5. The third-order valence-electron chi connectivity index (χ3n) is 3.85. The Labute approximate surface area is 113 Å². The predicted molar refractivity (Wildman–Crippen MR) is 72.8 cm³/mol. The van der Waals surface area contributed by atoms with E-state index in [4.69, 9.17) is 0 Å². The Hall–Kier alpha value is -1.39. The summed E-state index contributed by atoms with van der Waals surface area (Å²) in [7, 11) is 0. The van der Waals surface area contributed by atoms with Gasteiger partial charge in [-0.3, -0.25) is 9.69 Å². The van der Waals surface area contributed by atoms with Gasteiger partial charge in [0.15, 0.2) is 0 Å². The Morgan fingerprint density at radius 2 is 2.11 bits per heavy atom. The van der Waals surface area contributed by atoms with Crippen molar-refractivity contribution in [1.82, 2.24) is 4.90 Å². The van der Waals surface area contributed by atoms with Crippen LogP contribution < -0.4 is 0 Å². The van der Waals surface area contributed by atoms with Crippen molar-refractivity contribution in [2.24, 2.45) is 5.92 Å². The molecule has 3 unspecified atom stereocenters. The molecule has 4 heteroatoms. The van der Waals surface area contributed by atoms with E-state index in [1.54, 1.807) is 0 Å². The van der Waals surface area contributed by atoms with Gasteiger partial charge in [-0.25, -0.2) is 0 Å². The van der Waals surface area contributed by atoms with Crippen LogP contribution in [-0.4, -0.2) is 40.2 Å². The predicted octanol–water partition coefficient (Wildman–Crippen LogP) is 1.91. The summed E-state index contributed by atoms with van der Waals surface area (Å²) >= 11 is 0. The number of carboxylic acid groups (broad SMARTS) is 1. The van der Waals surface area contributed by atoms with Gasteiger partial charge in [0.2, 0.25) is 0 Å². The first-order chi connectivity index (χ1) is 9.08. The molecule has 1 aliphatic heterocycles. The Morgan fingerprint density at radius 3 is 2.74 bits per heavy atom. The monoisotopic (exact) mass is 263 g/mol. The van der Waals surface area contributed by atoms with E-state index in [0.717, 1.165) is 18.5 Å². The van der Waals surface area contributed by atoms with Gasteiger partial charge in [0.25, 0.3) is 0 Å². The number of piperidine rings is 1. The zero-order chi connectivity index (χ0) is 13.8. The Balaban J connectivity index is 2.02. The van der Waals surface area contributed by atoms with E-state index in [1.165, 1.54) is 0 Å². The molecule has 19 heavy (non-hydrogen) atoms. The highest BCUT2D eigenvalue weighted by Gasteiger charge is 2.32. The van der Waals surface area contributed by atoms with Crippen molar-refractivity contribution in [1.29, 1.82) is 0 Å². The number of aliphatic hydroxyl groups is 1. The van der Waals surface area contributed by atoms with Gasteiger partial charge in [0.05, 0.1) is 6.10 Å². The van der Waals surface area contributed by atoms with Gasteiger partial charge in [-0.15, -0.1) is 0 Å². The molecule has 0 saturated carbocycles. The lowest BCUT2D eigenvalue weighted by Crippen LogP contribution is -2.48. The summed E-state index contributed by atoms with van der Waals surface area (Å²) < 4.78 is 0. The first kappa shape index (κ1) is 14.0. The van der Waals surface area contributed by atoms with Crippen molar-refractivity contribution < 1.29 is 15.0 Å². The first-order valence-electron chi connectivity index (χ1n) is 6.77. The Kier molecular flexibility index (Phi) is 4.56. The van der Waals surface area contributed by atoms with Crippen molar-refractivity contribution in [3.8, 4) is 0 Å². The molecule has 1 heterocycles. The molecule has 1 aromatic rings. The van der Waals surface area contributed by atoms with Gasteiger partial charge in [0, 0.05) is 6.54 Å². The fourth-order valence-corrected chi connectivity index (χ4v) is 2.67. The van der Waals surface area contributed by atoms with E-state index in [9.17, 15) is 15.0 Å². The molecule has 1 fully saturated rings. The van der Waals surface area contributed by atoms with Crippen LogP contribution in [0.1, 0.15) is 31.4 Å². The second-order valence-corrected chi connectivity index (χ2v) is 5.41. The van der Waals surface area contributed by atoms with Gasteiger partial charge >= 0.3 is 5.97 Å². The molecule has 1 aliphatic rings. The second-order valence-electron chi connectivity index (χ2n) is 5.41. The number of nitrogens with zero attached hydrogens (tertiary/aromatic N) is 1. The summed E-state index contributed by atoms with van der Waals surface area (Å²) in [6.45, 7) is 3.20. The maximum atomic E-state index is 11.3. The minimum absolute atomic E-state index is 0.383. The number of carbonyl (C=O) groups is 1. The highest BCUT2D eigenvalue weighted by atomic mass is 16.4. The molecule has 0 aliphatic carbocycles. The number of carboxylic acids is 1. The van der Waals surface area contributed by atoms with E-state index in [0.29, 0.717) is 18.9 Å². The summed E-state index contributed by atoms with van der Waals surface area (Å²) in [4.78, 5) is 13.2. The topological polar surface area (TPSA) is 60.8 Å². The zero-order valence-electron chi connectivity index (χ0n) is 11.2. The number of likely N-dealkylation sites (tertiary alicyclic amines) is 1. The number of aliphatic hydroxyl groups excluding tert-OH is 1. The van der Waals surface area contributed by atoms with Crippen LogP contribution in [0.5, 0.6) is 0 Å². The lowest BCUT2D eigenvalue weighted by atomic mass is 9.92. The lowest BCUT2D eigenvalue weighted by Gasteiger charge is -2.37. The number of hydrogen-bond acceptors (Lipinski definition) is 3. The Bertz CT molecular complexity index is 421. The van der Waals surface area contributed by atoms with E-state index in [-0.39, 0.29) is 0 Å². The van der Waals surface area contributed by atoms with Gasteiger partial charge in [0.1, 0.15) is 6.04 Å². The summed E-state index contributed by atoms with van der Waals surface area (Å²) in [6.07, 6.45) is 1.03. The van der Waals surface area contributed by atoms with Crippen LogP contribution in [0.4, 0.5) is 0 Å². The first-order valence-corrected chi connectivity index (χ1v) is 6.77. The molecule has 0 bridgehead atoms. The highest BCUT2D eigenvalue weighted by molar-refractivity contribution is 5.73. The molecule has 1 saturated heterocycles.